The van der Waals surface area contributed by atoms with Crippen molar-refractivity contribution >= 4 is 17.8 Å². The van der Waals surface area contributed by atoms with Gasteiger partial charge in [-0.05, 0) is 12.8 Å². The SMILES string of the molecule is O=C1CC(C(=O)NC2(C(=O)O)CC2)CN1. The molecule has 0 aromatic rings. The number of carboxylic acids is 1. The summed E-state index contributed by atoms with van der Waals surface area (Å²) in [7, 11) is 0. The summed E-state index contributed by atoms with van der Waals surface area (Å²) in [4.78, 5) is 33.3. The molecule has 3 N–H and O–H groups in total. The molecule has 1 aliphatic carbocycles. The Hall–Kier alpha value is -1.59. The van der Waals surface area contributed by atoms with Crippen LogP contribution in [0.5, 0.6) is 0 Å². The molecule has 1 heterocycles. The van der Waals surface area contributed by atoms with Crippen molar-refractivity contribution in [3.8, 4) is 0 Å². The molecule has 0 radical (unpaired) electrons. The van der Waals surface area contributed by atoms with E-state index in [1.807, 2.05) is 0 Å². The average molecular weight is 212 g/mol. The van der Waals surface area contributed by atoms with Gasteiger partial charge >= 0.3 is 5.97 Å². The van der Waals surface area contributed by atoms with Crippen LogP contribution in [0.2, 0.25) is 0 Å². The maximum Gasteiger partial charge on any atom is 0.329 e. The van der Waals surface area contributed by atoms with E-state index in [9.17, 15) is 14.4 Å². The third kappa shape index (κ3) is 1.79. The number of hydrogen-bond donors (Lipinski definition) is 3. The van der Waals surface area contributed by atoms with E-state index in [0.29, 0.717) is 19.4 Å². The quantitative estimate of drug-likeness (QED) is 0.550. The average Bonchev–Trinajstić information content (AvgIpc) is 2.82. The molecule has 6 nitrogen and oxygen atoms in total. The highest BCUT2D eigenvalue weighted by Gasteiger charge is 2.52. The number of hydrogen-bond acceptors (Lipinski definition) is 3. The first kappa shape index (κ1) is 9.95. The van der Waals surface area contributed by atoms with E-state index in [4.69, 9.17) is 5.11 Å². The van der Waals surface area contributed by atoms with Crippen LogP contribution in [-0.2, 0) is 14.4 Å². The Balaban J connectivity index is 1.93. The van der Waals surface area contributed by atoms with Crippen LogP contribution in [0.4, 0.5) is 0 Å². The molecule has 1 aliphatic heterocycles. The predicted molar refractivity (Wildman–Crippen MR) is 48.9 cm³/mol. The van der Waals surface area contributed by atoms with Crippen LogP contribution in [0.15, 0.2) is 0 Å². The second-order valence-electron chi connectivity index (χ2n) is 4.08. The van der Waals surface area contributed by atoms with Crippen LogP contribution < -0.4 is 10.6 Å². The first-order valence-corrected chi connectivity index (χ1v) is 4.86. The van der Waals surface area contributed by atoms with Crippen LogP contribution in [0.25, 0.3) is 0 Å². The zero-order valence-electron chi connectivity index (χ0n) is 8.08. The second kappa shape index (κ2) is 3.22. The second-order valence-corrected chi connectivity index (χ2v) is 4.08. The molecule has 0 aromatic carbocycles. The summed E-state index contributed by atoms with van der Waals surface area (Å²) in [5.74, 6) is -1.91. The Kier molecular flexibility index (Phi) is 2.13. The number of carboxylic acid groups (broad SMARTS) is 1. The molecule has 1 saturated heterocycles. The first-order valence-electron chi connectivity index (χ1n) is 4.86. The van der Waals surface area contributed by atoms with E-state index in [1.165, 1.54) is 0 Å². The Bertz CT molecular complexity index is 335. The van der Waals surface area contributed by atoms with E-state index in [0.717, 1.165) is 0 Å². The zero-order valence-corrected chi connectivity index (χ0v) is 8.08. The minimum Gasteiger partial charge on any atom is -0.480 e. The van der Waals surface area contributed by atoms with Crippen LogP contribution >= 0.6 is 0 Å². The summed E-state index contributed by atoms with van der Waals surface area (Å²) in [6, 6.07) is 0. The van der Waals surface area contributed by atoms with Gasteiger partial charge in [-0.15, -0.1) is 0 Å². The highest BCUT2D eigenvalue weighted by molar-refractivity contribution is 5.93. The molecule has 6 heteroatoms. The van der Waals surface area contributed by atoms with Gasteiger partial charge in [-0.1, -0.05) is 0 Å². The zero-order chi connectivity index (χ0) is 11.1. The highest BCUT2D eigenvalue weighted by Crippen LogP contribution is 2.35. The number of amides is 2. The lowest BCUT2D eigenvalue weighted by atomic mass is 10.1. The fraction of sp³-hybridized carbons (Fsp3) is 0.667. The van der Waals surface area contributed by atoms with Crippen molar-refractivity contribution in [2.75, 3.05) is 6.54 Å². The summed E-state index contributed by atoms with van der Waals surface area (Å²) < 4.78 is 0. The van der Waals surface area contributed by atoms with Crippen molar-refractivity contribution in [2.24, 2.45) is 5.92 Å². The number of aliphatic carboxylic acids is 1. The molecule has 2 rings (SSSR count). The third-order valence-corrected chi connectivity index (χ3v) is 2.87. The predicted octanol–water partition coefficient (Wildman–Crippen LogP) is -1.14. The molecule has 1 atom stereocenters. The first-order chi connectivity index (χ1) is 7.03. The van der Waals surface area contributed by atoms with Crippen LogP contribution in [0.3, 0.4) is 0 Å². The Morgan fingerprint density at radius 1 is 1.47 bits per heavy atom. The third-order valence-electron chi connectivity index (χ3n) is 2.87. The molecule has 15 heavy (non-hydrogen) atoms. The van der Waals surface area contributed by atoms with Crippen molar-refractivity contribution in [3.63, 3.8) is 0 Å². The smallest absolute Gasteiger partial charge is 0.329 e. The molecular formula is C9H12N2O4. The van der Waals surface area contributed by atoms with E-state index >= 15 is 0 Å². The monoisotopic (exact) mass is 212 g/mol. The lowest BCUT2D eigenvalue weighted by Gasteiger charge is -2.14. The Morgan fingerprint density at radius 2 is 2.13 bits per heavy atom. The number of rotatable bonds is 3. The lowest BCUT2D eigenvalue weighted by Crippen LogP contribution is -2.46. The maximum atomic E-state index is 11.6. The Labute approximate surface area is 86.0 Å². The number of nitrogens with one attached hydrogen (secondary N) is 2. The van der Waals surface area contributed by atoms with E-state index in [1.54, 1.807) is 0 Å². The van der Waals surface area contributed by atoms with Gasteiger partial charge in [0.15, 0.2) is 0 Å². The van der Waals surface area contributed by atoms with Crippen LogP contribution in [0.1, 0.15) is 19.3 Å². The van der Waals surface area contributed by atoms with E-state index in [2.05, 4.69) is 10.6 Å². The number of carbonyl (C=O) groups is 3. The van der Waals surface area contributed by atoms with Crippen molar-refractivity contribution in [1.82, 2.24) is 10.6 Å². The van der Waals surface area contributed by atoms with Gasteiger partial charge in [-0.3, -0.25) is 9.59 Å². The van der Waals surface area contributed by atoms with Gasteiger partial charge in [0, 0.05) is 13.0 Å². The molecule has 2 fully saturated rings. The van der Waals surface area contributed by atoms with Crippen LogP contribution in [-0.4, -0.2) is 35.0 Å². The summed E-state index contributed by atoms with van der Waals surface area (Å²) in [5.41, 5.74) is -1.05. The minimum absolute atomic E-state index is 0.154. The number of carbonyl (C=O) groups excluding carboxylic acids is 2. The van der Waals surface area contributed by atoms with Gasteiger partial charge in [-0.25, -0.2) is 4.79 Å². The standard InChI is InChI=1S/C9H12N2O4/c12-6-3-5(4-10-6)7(13)11-9(1-2-9)8(14)15/h5H,1-4H2,(H,10,12)(H,11,13)(H,14,15). The fourth-order valence-corrected chi connectivity index (χ4v) is 1.65. The normalized spacial score (nSPS) is 26.9. The fourth-order valence-electron chi connectivity index (χ4n) is 1.65. The molecule has 0 spiro atoms. The topological polar surface area (TPSA) is 95.5 Å². The van der Waals surface area contributed by atoms with Gasteiger partial charge in [0.1, 0.15) is 5.54 Å². The van der Waals surface area contributed by atoms with E-state index in [-0.39, 0.29) is 18.2 Å². The van der Waals surface area contributed by atoms with Crippen molar-refractivity contribution in [2.45, 2.75) is 24.8 Å². The van der Waals surface area contributed by atoms with Crippen molar-refractivity contribution in [3.05, 3.63) is 0 Å². The minimum atomic E-state index is -1.05. The van der Waals surface area contributed by atoms with Crippen LogP contribution in [0, 0.1) is 5.92 Å². The molecule has 82 valence electrons. The summed E-state index contributed by atoms with van der Waals surface area (Å²) in [5, 5.41) is 13.9. The molecule has 0 bridgehead atoms. The van der Waals surface area contributed by atoms with Gasteiger partial charge in [0.2, 0.25) is 11.8 Å². The van der Waals surface area contributed by atoms with Crippen molar-refractivity contribution in [1.29, 1.82) is 0 Å². The lowest BCUT2D eigenvalue weighted by molar-refractivity contribution is -0.143. The van der Waals surface area contributed by atoms with Gasteiger partial charge in [-0.2, -0.15) is 0 Å². The van der Waals surface area contributed by atoms with Gasteiger partial charge in [0.25, 0.3) is 0 Å². The Morgan fingerprint density at radius 3 is 2.53 bits per heavy atom. The highest BCUT2D eigenvalue weighted by atomic mass is 16.4. The molecule has 1 unspecified atom stereocenters. The maximum absolute atomic E-state index is 11.6. The molecular weight excluding hydrogens is 200 g/mol. The van der Waals surface area contributed by atoms with Gasteiger partial charge < -0.3 is 15.7 Å². The van der Waals surface area contributed by atoms with Gasteiger partial charge in [0.05, 0.1) is 5.92 Å². The van der Waals surface area contributed by atoms with Crippen molar-refractivity contribution < 1.29 is 19.5 Å². The summed E-state index contributed by atoms with van der Waals surface area (Å²) in [6.45, 7) is 0.306. The van der Waals surface area contributed by atoms with E-state index < -0.39 is 17.4 Å². The largest absolute Gasteiger partial charge is 0.480 e. The molecule has 1 saturated carbocycles. The molecule has 0 aromatic heterocycles. The summed E-state index contributed by atoms with van der Waals surface area (Å²) in [6.07, 6.45) is 1.10. The molecule has 2 aliphatic rings. The molecule has 2 amide bonds. The summed E-state index contributed by atoms with van der Waals surface area (Å²) >= 11 is 0.